The number of hydrogen-bond acceptors (Lipinski definition) is 3. The van der Waals surface area contributed by atoms with E-state index in [0.29, 0.717) is 12.1 Å². The van der Waals surface area contributed by atoms with Crippen LogP contribution in [-0.4, -0.2) is 36.3 Å². The monoisotopic (exact) mass is 287 g/mol. The Labute approximate surface area is 124 Å². The quantitative estimate of drug-likeness (QED) is 0.883. The molecule has 1 aromatic rings. The molecular weight excluding hydrogens is 266 g/mol. The first-order valence-corrected chi connectivity index (χ1v) is 7.55. The van der Waals surface area contributed by atoms with E-state index in [1.165, 1.54) is 0 Å². The maximum Gasteiger partial charge on any atom is 0.253 e. The third-order valence-electron chi connectivity index (χ3n) is 4.51. The molecule has 5 nitrogen and oxygen atoms in total. The van der Waals surface area contributed by atoms with E-state index in [0.717, 1.165) is 44.5 Å². The van der Waals surface area contributed by atoms with Gasteiger partial charge in [-0.2, -0.15) is 0 Å². The van der Waals surface area contributed by atoms with Crippen LogP contribution in [0.2, 0.25) is 0 Å². The van der Waals surface area contributed by atoms with Crippen LogP contribution in [-0.2, 0) is 4.79 Å². The van der Waals surface area contributed by atoms with E-state index in [2.05, 4.69) is 5.32 Å². The summed E-state index contributed by atoms with van der Waals surface area (Å²) in [4.78, 5) is 26.2. The fourth-order valence-electron chi connectivity index (χ4n) is 2.74. The molecule has 1 aliphatic heterocycles. The number of anilines is 1. The van der Waals surface area contributed by atoms with Crippen LogP contribution in [0.1, 0.15) is 36.0 Å². The zero-order valence-corrected chi connectivity index (χ0v) is 12.1. The van der Waals surface area contributed by atoms with Crippen LogP contribution in [0, 0.1) is 5.41 Å². The van der Waals surface area contributed by atoms with Crippen molar-refractivity contribution in [3.63, 3.8) is 0 Å². The fourth-order valence-corrected chi connectivity index (χ4v) is 2.74. The minimum absolute atomic E-state index is 0.0105. The van der Waals surface area contributed by atoms with Gasteiger partial charge in [0, 0.05) is 30.9 Å². The highest BCUT2D eigenvalue weighted by Gasteiger charge is 2.48. The van der Waals surface area contributed by atoms with Crippen molar-refractivity contribution < 1.29 is 9.59 Å². The predicted octanol–water partition coefficient (Wildman–Crippen LogP) is 1.60. The Morgan fingerprint density at radius 3 is 2.29 bits per heavy atom. The summed E-state index contributed by atoms with van der Waals surface area (Å²) in [5.74, 6) is 0.0645. The van der Waals surface area contributed by atoms with Gasteiger partial charge < -0.3 is 16.0 Å². The number of carbonyl (C=O) groups is 2. The van der Waals surface area contributed by atoms with E-state index in [9.17, 15) is 9.59 Å². The van der Waals surface area contributed by atoms with E-state index in [-0.39, 0.29) is 17.2 Å². The third kappa shape index (κ3) is 2.78. The van der Waals surface area contributed by atoms with Gasteiger partial charge in [-0.05, 0) is 49.9 Å². The topological polar surface area (TPSA) is 75.4 Å². The van der Waals surface area contributed by atoms with Gasteiger partial charge in [0.25, 0.3) is 5.91 Å². The molecule has 0 aromatic heterocycles. The second-order valence-corrected chi connectivity index (χ2v) is 6.02. The molecule has 0 spiro atoms. The second-order valence-electron chi connectivity index (χ2n) is 6.02. The normalized spacial score (nSPS) is 19.4. The van der Waals surface area contributed by atoms with Crippen LogP contribution in [0.3, 0.4) is 0 Å². The summed E-state index contributed by atoms with van der Waals surface area (Å²) in [6.07, 6.45) is 3.89. The van der Waals surface area contributed by atoms with Crippen LogP contribution in [0.25, 0.3) is 0 Å². The van der Waals surface area contributed by atoms with Crippen LogP contribution in [0.4, 0.5) is 5.69 Å². The third-order valence-corrected chi connectivity index (χ3v) is 4.51. The number of nitrogens with one attached hydrogen (secondary N) is 1. The largest absolute Gasteiger partial charge is 0.339 e. The van der Waals surface area contributed by atoms with Crippen molar-refractivity contribution in [2.24, 2.45) is 11.1 Å². The Hall–Kier alpha value is -1.88. The molecule has 1 heterocycles. The lowest BCUT2D eigenvalue weighted by Gasteiger charge is -2.16. The van der Waals surface area contributed by atoms with E-state index in [1.54, 1.807) is 24.3 Å². The van der Waals surface area contributed by atoms with Gasteiger partial charge in [-0.25, -0.2) is 0 Å². The highest BCUT2D eigenvalue weighted by atomic mass is 16.2. The van der Waals surface area contributed by atoms with E-state index >= 15 is 0 Å². The van der Waals surface area contributed by atoms with Crippen molar-refractivity contribution in [1.82, 2.24) is 4.90 Å². The summed E-state index contributed by atoms with van der Waals surface area (Å²) < 4.78 is 0. The summed E-state index contributed by atoms with van der Waals surface area (Å²) in [7, 11) is 0. The molecule has 1 saturated carbocycles. The summed E-state index contributed by atoms with van der Waals surface area (Å²) in [5, 5.41) is 2.89. The van der Waals surface area contributed by atoms with Crippen LogP contribution < -0.4 is 11.1 Å². The standard InChI is InChI=1S/C16H21N3O2/c17-11-16(7-8-16)15(21)18-13-5-3-12(4-6-13)14(20)19-9-1-2-10-19/h3-6H,1-2,7-11,17H2,(H,18,21). The minimum Gasteiger partial charge on any atom is -0.339 e. The molecule has 2 fully saturated rings. The molecule has 0 radical (unpaired) electrons. The van der Waals surface area contributed by atoms with E-state index in [4.69, 9.17) is 5.73 Å². The summed E-state index contributed by atoms with van der Waals surface area (Å²) in [6.45, 7) is 2.08. The van der Waals surface area contributed by atoms with E-state index < -0.39 is 0 Å². The molecule has 112 valence electrons. The van der Waals surface area contributed by atoms with Gasteiger partial charge >= 0.3 is 0 Å². The molecule has 1 saturated heterocycles. The summed E-state index contributed by atoms with van der Waals surface area (Å²) >= 11 is 0. The number of rotatable bonds is 4. The number of benzene rings is 1. The molecule has 21 heavy (non-hydrogen) atoms. The Morgan fingerprint density at radius 1 is 1.14 bits per heavy atom. The maximum absolute atomic E-state index is 12.2. The summed E-state index contributed by atoms with van der Waals surface area (Å²) in [6, 6.07) is 7.12. The van der Waals surface area contributed by atoms with Crippen LogP contribution >= 0.6 is 0 Å². The maximum atomic E-state index is 12.2. The van der Waals surface area contributed by atoms with E-state index in [1.807, 2.05) is 4.90 Å². The first-order valence-electron chi connectivity index (χ1n) is 7.55. The average molecular weight is 287 g/mol. The summed E-state index contributed by atoms with van der Waals surface area (Å²) in [5.41, 5.74) is 6.68. The highest BCUT2D eigenvalue weighted by Crippen LogP contribution is 2.45. The van der Waals surface area contributed by atoms with Crippen molar-refractivity contribution in [3.8, 4) is 0 Å². The van der Waals surface area contributed by atoms with Crippen molar-refractivity contribution in [3.05, 3.63) is 29.8 Å². The number of nitrogens with zero attached hydrogens (tertiary/aromatic N) is 1. The van der Waals surface area contributed by atoms with Gasteiger partial charge in [0.05, 0.1) is 5.41 Å². The molecule has 1 aromatic carbocycles. The molecule has 0 bridgehead atoms. The lowest BCUT2D eigenvalue weighted by atomic mass is 10.1. The molecular formula is C16H21N3O2. The van der Waals surface area contributed by atoms with Crippen LogP contribution in [0.5, 0.6) is 0 Å². The average Bonchev–Trinajstić information content (AvgIpc) is 3.13. The molecule has 0 atom stereocenters. The lowest BCUT2D eigenvalue weighted by Crippen LogP contribution is -2.31. The van der Waals surface area contributed by atoms with Crippen molar-refractivity contribution in [1.29, 1.82) is 0 Å². The number of hydrogen-bond donors (Lipinski definition) is 2. The zero-order valence-electron chi connectivity index (χ0n) is 12.1. The van der Waals surface area contributed by atoms with Gasteiger partial charge in [-0.1, -0.05) is 0 Å². The van der Waals surface area contributed by atoms with Gasteiger partial charge in [-0.3, -0.25) is 9.59 Å². The van der Waals surface area contributed by atoms with Crippen LogP contribution in [0.15, 0.2) is 24.3 Å². The van der Waals surface area contributed by atoms with Crippen molar-refractivity contribution in [2.45, 2.75) is 25.7 Å². The predicted molar refractivity (Wildman–Crippen MR) is 80.9 cm³/mol. The second kappa shape index (κ2) is 5.48. The van der Waals surface area contributed by atoms with Gasteiger partial charge in [-0.15, -0.1) is 0 Å². The molecule has 5 heteroatoms. The van der Waals surface area contributed by atoms with Crippen molar-refractivity contribution >= 4 is 17.5 Å². The van der Waals surface area contributed by atoms with Gasteiger partial charge in [0.1, 0.15) is 0 Å². The number of nitrogens with two attached hydrogens (primary N) is 1. The zero-order chi connectivity index (χ0) is 14.9. The molecule has 1 aliphatic carbocycles. The Bertz CT molecular complexity index is 543. The molecule has 3 rings (SSSR count). The Morgan fingerprint density at radius 2 is 1.76 bits per heavy atom. The number of carbonyl (C=O) groups excluding carboxylic acids is 2. The smallest absolute Gasteiger partial charge is 0.253 e. The molecule has 2 amide bonds. The minimum atomic E-state index is -0.357. The highest BCUT2D eigenvalue weighted by molar-refractivity contribution is 5.98. The number of amides is 2. The SMILES string of the molecule is NCC1(C(=O)Nc2ccc(C(=O)N3CCCC3)cc2)CC1. The molecule has 0 unspecified atom stereocenters. The fraction of sp³-hybridized carbons (Fsp3) is 0.500. The number of likely N-dealkylation sites (tertiary alicyclic amines) is 1. The van der Waals surface area contributed by atoms with Gasteiger partial charge in [0.2, 0.25) is 5.91 Å². The lowest BCUT2D eigenvalue weighted by molar-refractivity contribution is -0.120. The van der Waals surface area contributed by atoms with Gasteiger partial charge in [0.15, 0.2) is 0 Å². The Kier molecular flexibility index (Phi) is 3.68. The first kappa shape index (κ1) is 14.1. The molecule has 3 N–H and O–H groups in total. The van der Waals surface area contributed by atoms with Crippen molar-refractivity contribution in [2.75, 3.05) is 25.0 Å². The molecule has 2 aliphatic rings. The first-order chi connectivity index (χ1) is 10.1. The Balaban J connectivity index is 1.64.